The topological polar surface area (TPSA) is 57.3 Å². The van der Waals surface area contributed by atoms with Gasteiger partial charge in [-0.05, 0) is 50.2 Å². The number of rotatable bonds is 8. The van der Waals surface area contributed by atoms with Gasteiger partial charge >= 0.3 is 0 Å². The normalized spacial score (nSPS) is 10.9. The molecule has 1 amide bonds. The SMILES string of the molecule is CCN(CC)CCNC(=O)c1csc(Nc2ccc(C)c(C)c2)n1. The lowest BCUT2D eigenvalue weighted by molar-refractivity contribution is 0.0944. The molecule has 24 heavy (non-hydrogen) atoms. The van der Waals surface area contributed by atoms with Gasteiger partial charge in [0.25, 0.3) is 5.91 Å². The minimum absolute atomic E-state index is 0.119. The van der Waals surface area contributed by atoms with Crippen molar-refractivity contribution in [2.75, 3.05) is 31.5 Å². The second-order valence-electron chi connectivity index (χ2n) is 5.74. The minimum Gasteiger partial charge on any atom is -0.349 e. The summed E-state index contributed by atoms with van der Waals surface area (Å²) in [5.41, 5.74) is 3.94. The van der Waals surface area contributed by atoms with E-state index in [-0.39, 0.29) is 5.91 Å². The molecule has 0 aliphatic rings. The average Bonchev–Trinajstić information content (AvgIpc) is 3.03. The molecule has 0 saturated carbocycles. The number of benzene rings is 1. The fourth-order valence-corrected chi connectivity index (χ4v) is 3.05. The van der Waals surface area contributed by atoms with Crippen molar-refractivity contribution in [3.05, 3.63) is 40.4 Å². The molecule has 2 N–H and O–H groups in total. The van der Waals surface area contributed by atoms with Crippen LogP contribution >= 0.6 is 11.3 Å². The fourth-order valence-electron chi connectivity index (χ4n) is 2.34. The summed E-state index contributed by atoms with van der Waals surface area (Å²) in [6.07, 6.45) is 0. The average molecular weight is 347 g/mol. The standard InChI is InChI=1S/C18H26N4OS/c1-5-22(6-2)10-9-19-17(23)16-12-24-18(21-16)20-15-8-7-13(3)14(4)11-15/h7-8,11-12H,5-6,9-10H2,1-4H3,(H,19,23)(H,20,21). The Labute approximate surface area is 148 Å². The first kappa shape index (κ1) is 18.4. The molecule has 0 aliphatic carbocycles. The number of aromatic nitrogens is 1. The summed E-state index contributed by atoms with van der Waals surface area (Å²) in [7, 11) is 0. The van der Waals surface area contributed by atoms with Crippen LogP contribution in [0.4, 0.5) is 10.8 Å². The Morgan fingerprint density at radius 3 is 2.62 bits per heavy atom. The van der Waals surface area contributed by atoms with Crippen molar-refractivity contribution in [2.24, 2.45) is 0 Å². The van der Waals surface area contributed by atoms with Crippen LogP contribution in [0.1, 0.15) is 35.5 Å². The lowest BCUT2D eigenvalue weighted by Crippen LogP contribution is -2.34. The van der Waals surface area contributed by atoms with Crippen molar-refractivity contribution in [2.45, 2.75) is 27.7 Å². The maximum Gasteiger partial charge on any atom is 0.270 e. The first-order chi connectivity index (χ1) is 11.5. The predicted octanol–water partition coefficient (Wildman–Crippen LogP) is 3.58. The molecule has 2 rings (SSSR count). The van der Waals surface area contributed by atoms with Gasteiger partial charge in [-0.3, -0.25) is 4.79 Å². The lowest BCUT2D eigenvalue weighted by atomic mass is 10.1. The summed E-state index contributed by atoms with van der Waals surface area (Å²) in [6, 6.07) is 6.18. The molecule has 0 fully saturated rings. The number of likely N-dealkylation sites (N-methyl/N-ethyl adjacent to an activating group) is 1. The van der Waals surface area contributed by atoms with E-state index in [1.165, 1.54) is 22.5 Å². The van der Waals surface area contributed by atoms with Gasteiger partial charge in [-0.2, -0.15) is 0 Å². The minimum atomic E-state index is -0.119. The first-order valence-electron chi connectivity index (χ1n) is 8.33. The van der Waals surface area contributed by atoms with Crippen molar-refractivity contribution >= 4 is 28.1 Å². The van der Waals surface area contributed by atoms with Gasteiger partial charge in [0, 0.05) is 24.2 Å². The largest absolute Gasteiger partial charge is 0.349 e. The van der Waals surface area contributed by atoms with Gasteiger partial charge in [-0.1, -0.05) is 19.9 Å². The fraction of sp³-hybridized carbons (Fsp3) is 0.444. The third-order valence-electron chi connectivity index (χ3n) is 4.10. The number of aryl methyl sites for hydroxylation is 2. The third kappa shape index (κ3) is 5.04. The van der Waals surface area contributed by atoms with Crippen LogP contribution in [0.15, 0.2) is 23.6 Å². The van der Waals surface area contributed by atoms with Crippen molar-refractivity contribution < 1.29 is 4.79 Å². The van der Waals surface area contributed by atoms with Gasteiger partial charge in [0.1, 0.15) is 5.69 Å². The number of hydrogen-bond acceptors (Lipinski definition) is 5. The van der Waals surface area contributed by atoms with E-state index in [2.05, 4.69) is 60.3 Å². The monoisotopic (exact) mass is 346 g/mol. The number of nitrogens with zero attached hydrogens (tertiary/aromatic N) is 2. The molecule has 1 heterocycles. The highest BCUT2D eigenvalue weighted by Crippen LogP contribution is 2.22. The Balaban J connectivity index is 1.89. The van der Waals surface area contributed by atoms with E-state index in [1.54, 1.807) is 5.38 Å². The summed E-state index contributed by atoms with van der Waals surface area (Å²) >= 11 is 1.44. The Kier molecular flexibility index (Phi) is 6.75. The number of carbonyl (C=O) groups excluding carboxylic acids is 1. The molecule has 130 valence electrons. The number of thiazole rings is 1. The van der Waals surface area contributed by atoms with Gasteiger partial charge in [0.2, 0.25) is 0 Å². The Bertz CT molecular complexity index is 679. The molecule has 1 aromatic heterocycles. The summed E-state index contributed by atoms with van der Waals surface area (Å²) in [5, 5.41) is 8.70. The number of hydrogen-bond donors (Lipinski definition) is 2. The molecule has 0 unspecified atom stereocenters. The zero-order chi connectivity index (χ0) is 17.5. The van der Waals surface area contributed by atoms with E-state index in [4.69, 9.17) is 0 Å². The molecule has 1 aromatic carbocycles. The highest BCUT2D eigenvalue weighted by atomic mass is 32.1. The molecule has 5 nitrogen and oxygen atoms in total. The second kappa shape index (κ2) is 8.80. The molecule has 0 saturated heterocycles. The van der Waals surface area contributed by atoms with Gasteiger partial charge < -0.3 is 15.5 Å². The number of nitrogens with one attached hydrogen (secondary N) is 2. The summed E-state index contributed by atoms with van der Waals surface area (Å²) in [5.74, 6) is -0.119. The maximum absolute atomic E-state index is 12.2. The smallest absolute Gasteiger partial charge is 0.270 e. The summed E-state index contributed by atoms with van der Waals surface area (Å²) in [6.45, 7) is 11.9. The molecule has 0 aliphatic heterocycles. The first-order valence-corrected chi connectivity index (χ1v) is 9.21. The second-order valence-corrected chi connectivity index (χ2v) is 6.60. The third-order valence-corrected chi connectivity index (χ3v) is 4.86. The van der Waals surface area contributed by atoms with E-state index in [1.807, 2.05) is 6.07 Å². The molecule has 2 aromatic rings. The molecule has 6 heteroatoms. The summed E-state index contributed by atoms with van der Waals surface area (Å²) in [4.78, 5) is 18.8. The number of carbonyl (C=O) groups is 1. The Hall–Kier alpha value is -1.92. The molecule has 0 radical (unpaired) electrons. The van der Waals surface area contributed by atoms with Crippen molar-refractivity contribution in [3.63, 3.8) is 0 Å². The van der Waals surface area contributed by atoms with E-state index in [0.29, 0.717) is 12.2 Å². The van der Waals surface area contributed by atoms with Crippen molar-refractivity contribution in [1.29, 1.82) is 0 Å². The van der Waals surface area contributed by atoms with Crippen LogP contribution in [0.2, 0.25) is 0 Å². The van der Waals surface area contributed by atoms with Crippen molar-refractivity contribution in [3.8, 4) is 0 Å². The van der Waals surface area contributed by atoms with E-state index < -0.39 is 0 Å². The number of anilines is 2. The highest BCUT2D eigenvalue weighted by molar-refractivity contribution is 7.14. The molecular formula is C18H26N4OS. The van der Waals surface area contributed by atoms with Gasteiger partial charge in [-0.15, -0.1) is 11.3 Å². The van der Waals surface area contributed by atoms with E-state index >= 15 is 0 Å². The van der Waals surface area contributed by atoms with Crippen LogP contribution < -0.4 is 10.6 Å². The number of amides is 1. The lowest BCUT2D eigenvalue weighted by Gasteiger charge is -2.17. The quantitative estimate of drug-likeness (QED) is 0.767. The zero-order valence-electron chi connectivity index (χ0n) is 14.8. The zero-order valence-corrected chi connectivity index (χ0v) is 15.7. The van der Waals surface area contributed by atoms with Crippen molar-refractivity contribution in [1.82, 2.24) is 15.2 Å². The van der Waals surface area contributed by atoms with Gasteiger partial charge in [-0.25, -0.2) is 4.98 Å². The molecule has 0 spiro atoms. The van der Waals surface area contributed by atoms with Crippen LogP contribution in [0.25, 0.3) is 0 Å². The highest BCUT2D eigenvalue weighted by Gasteiger charge is 2.11. The van der Waals surface area contributed by atoms with Gasteiger partial charge in [0.15, 0.2) is 5.13 Å². The van der Waals surface area contributed by atoms with E-state index in [0.717, 1.165) is 30.5 Å². The van der Waals surface area contributed by atoms with E-state index in [9.17, 15) is 4.79 Å². The van der Waals surface area contributed by atoms with Crippen LogP contribution in [-0.4, -0.2) is 42.0 Å². The molecule has 0 bridgehead atoms. The Morgan fingerprint density at radius 2 is 1.96 bits per heavy atom. The maximum atomic E-state index is 12.2. The summed E-state index contributed by atoms with van der Waals surface area (Å²) < 4.78 is 0. The Morgan fingerprint density at radius 1 is 1.21 bits per heavy atom. The molecule has 0 atom stereocenters. The van der Waals surface area contributed by atoms with Crippen LogP contribution in [0.5, 0.6) is 0 Å². The molecular weight excluding hydrogens is 320 g/mol. The van der Waals surface area contributed by atoms with Crippen LogP contribution in [-0.2, 0) is 0 Å². The predicted molar refractivity (Wildman–Crippen MR) is 101 cm³/mol. The van der Waals surface area contributed by atoms with Crippen LogP contribution in [0, 0.1) is 13.8 Å². The van der Waals surface area contributed by atoms with Crippen LogP contribution in [0.3, 0.4) is 0 Å². The van der Waals surface area contributed by atoms with Gasteiger partial charge in [0.05, 0.1) is 0 Å².